The van der Waals surface area contributed by atoms with Gasteiger partial charge in [-0.1, -0.05) is 66.2 Å². The van der Waals surface area contributed by atoms with Gasteiger partial charge in [-0.15, -0.1) is 0 Å². The molecule has 27 nitrogen and oxygen atoms in total. The second kappa shape index (κ2) is 42.7. The van der Waals surface area contributed by atoms with Crippen LogP contribution in [0.15, 0.2) is 464 Å². The lowest BCUT2D eigenvalue weighted by Crippen LogP contribution is -1.96. The number of hydrogen-bond donors (Lipinski definition) is 1. The van der Waals surface area contributed by atoms with E-state index in [1.165, 1.54) is 22.3 Å². The van der Waals surface area contributed by atoms with Crippen LogP contribution in [-0.2, 0) is 9.52 Å². The van der Waals surface area contributed by atoms with Gasteiger partial charge in [0, 0.05) is 204 Å². The molecule has 22 heterocycles. The summed E-state index contributed by atoms with van der Waals surface area (Å²) >= 11 is 0. The molecule has 1 N–H and O–H groups in total. The molecule has 0 radical (unpaired) electrons. The topological polar surface area (TPSA) is 289 Å². The number of nitrogens with zero attached hydrogens (tertiary/aromatic N) is 21. The van der Waals surface area contributed by atoms with E-state index in [2.05, 4.69) is 208 Å². The van der Waals surface area contributed by atoms with Crippen LogP contribution in [0, 0.1) is 6.92 Å². The number of H-pyrrole nitrogens is 1. The lowest BCUT2D eigenvalue weighted by atomic mass is 10.1. The molecule has 27 rings (SSSR count). The average Bonchev–Trinajstić information content (AvgIpc) is 1.64. The van der Waals surface area contributed by atoms with Crippen LogP contribution >= 0.6 is 0 Å². The number of fused-ring (bicyclic) bond motifs is 8. The van der Waals surface area contributed by atoms with Crippen molar-refractivity contribution in [3.63, 3.8) is 0 Å². The summed E-state index contributed by atoms with van der Waals surface area (Å²) in [6, 6.07) is 90.3. The van der Waals surface area contributed by atoms with Crippen molar-refractivity contribution >= 4 is 60.7 Å². The quantitative estimate of drug-likeness (QED) is 0.0737. The molecule has 0 saturated carbocycles. The van der Waals surface area contributed by atoms with E-state index in [1.54, 1.807) is 101 Å². The fraction of sp³-hybridized carbons (Fsp3) is 0.0420. The maximum atomic E-state index is 12.1. The average molecular weight is 1940 g/mol. The highest BCUT2D eigenvalue weighted by Gasteiger charge is 2.19. The monoisotopic (exact) mass is 1940 g/mol. The Labute approximate surface area is 844 Å². The predicted octanol–water partition coefficient (Wildman–Crippen LogP) is 24.4. The molecule has 0 bridgehead atoms. The zero-order valence-electron chi connectivity index (χ0n) is 80.1. The van der Waals surface area contributed by atoms with E-state index in [0.717, 1.165) is 179 Å². The van der Waals surface area contributed by atoms with Gasteiger partial charge in [0.2, 0.25) is 6.79 Å². The number of pyridine rings is 13. The molecule has 0 fully saturated rings. The molecule has 1 aliphatic rings. The first-order valence-electron chi connectivity index (χ1n) is 46.9. The Morgan fingerprint density at radius 3 is 0.932 bits per heavy atom. The molecule has 26 aromatic rings. The van der Waals surface area contributed by atoms with Gasteiger partial charge in [-0.25, -0.2) is 34.9 Å². The van der Waals surface area contributed by atoms with Crippen molar-refractivity contribution in [2.24, 2.45) is 0 Å². The number of benzene rings is 5. The van der Waals surface area contributed by atoms with Gasteiger partial charge in [-0.05, 0) is 308 Å². The third-order valence-corrected chi connectivity index (χ3v) is 26.1. The van der Waals surface area contributed by atoms with Gasteiger partial charge in [0.05, 0.1) is 72.8 Å². The molecular weight excluding hydrogens is 1850 g/mol. The molecule has 28 heteroatoms. The minimum absolute atomic E-state index is 0.0691. The van der Waals surface area contributed by atoms with Crippen LogP contribution in [0.5, 0.6) is 17.2 Å². The summed E-state index contributed by atoms with van der Waals surface area (Å²) < 4.78 is 42.6. The first-order chi connectivity index (χ1) is 72.1. The fourth-order valence-electron chi connectivity index (χ4n) is 17.0. The van der Waals surface area contributed by atoms with Crippen LogP contribution in [0.25, 0.3) is 174 Å². The molecule has 0 saturated heterocycles. The molecule has 1 aliphatic heterocycles. The number of imidazole rings is 7. The summed E-state index contributed by atoms with van der Waals surface area (Å²) in [6.45, 7) is 3.95. The smallest absolute Gasteiger partial charge is 0.231 e. The zero-order chi connectivity index (χ0) is 99.9. The number of aromatic amines is 1. The maximum Gasteiger partial charge on any atom is 0.231 e. The van der Waals surface area contributed by atoms with Crippen molar-refractivity contribution in [1.29, 1.82) is 0 Å². The first-order valence-corrected chi connectivity index (χ1v) is 49.1. The van der Waals surface area contributed by atoms with Crippen molar-refractivity contribution in [3.8, 4) is 151 Å². The Kier molecular flexibility index (Phi) is 27.1. The van der Waals surface area contributed by atoms with E-state index >= 15 is 0 Å². The summed E-state index contributed by atoms with van der Waals surface area (Å²) in [5.74, 6) is 6.20. The Bertz CT molecular complexity index is 9170. The summed E-state index contributed by atoms with van der Waals surface area (Å²) in [5, 5.41) is 6.71. The van der Waals surface area contributed by atoms with Crippen molar-refractivity contribution in [3.05, 3.63) is 470 Å². The van der Waals surface area contributed by atoms with Crippen molar-refractivity contribution in [2.45, 2.75) is 18.7 Å². The van der Waals surface area contributed by atoms with E-state index in [4.69, 9.17) is 14.2 Å². The van der Waals surface area contributed by atoms with Gasteiger partial charge in [-0.3, -0.25) is 66.0 Å². The van der Waals surface area contributed by atoms with Gasteiger partial charge < -0.3 is 23.0 Å². The van der Waals surface area contributed by atoms with Gasteiger partial charge >= 0.3 is 0 Å². The molecule has 0 aliphatic carbocycles. The minimum atomic E-state index is -2.20. The van der Waals surface area contributed by atoms with E-state index in [0.29, 0.717) is 5.56 Å². The zero-order valence-corrected chi connectivity index (χ0v) is 80.9. The van der Waals surface area contributed by atoms with Crippen molar-refractivity contribution in [2.75, 3.05) is 20.2 Å². The van der Waals surface area contributed by atoms with Crippen LogP contribution in [0.4, 0.5) is 0 Å². The third-order valence-electron chi connectivity index (χ3n) is 24.9. The van der Waals surface area contributed by atoms with Gasteiger partial charge in [0.15, 0.2) is 17.3 Å². The Morgan fingerprint density at radius 2 is 0.605 bits per heavy atom. The van der Waals surface area contributed by atoms with Crippen molar-refractivity contribution in [1.82, 2.24) is 106 Å². The number of hydrogen-bond acceptors (Lipinski definition) is 19. The molecule has 714 valence electrons. The normalized spacial score (nSPS) is 11.6. The molecule has 0 amide bonds. The Balaban J connectivity index is 0.000000101. The molecule has 1 atom stereocenters. The first kappa shape index (κ1) is 93.4. The number of aryl methyl sites for hydroxylation is 1. The largest absolute Gasteiger partial charge is 0.497 e. The number of carbonyl (C=O) groups is 1. The minimum Gasteiger partial charge on any atom is -0.497 e. The SMILES string of the molecule is C=S(C)(=O)c1ccc(-c2cnc3ccc(-c4ccncc4)cn23)cc1.CC(=O)c1ccc(-c2cnc3ccc(-c4ccncc4)cn23)cc1.COc1ccc(-c2cnc3ccc(-c4ccncc4)cn23)cc1.Cc1ccc(-c2cnc3ccc(-c4ccncc4)cn23)cc1.c1cc(-c2ccc3ncc(-c4ccc5c(c4)OCO5)n3c2)ccn1.c1cc(-c2ccc3nccn3c2)ccn1.c1cn2cc(-c3cn[nH]c3)ccc2n1. The van der Waals surface area contributed by atoms with Crippen LogP contribution in [0.2, 0.25) is 0 Å². The van der Waals surface area contributed by atoms with E-state index in [1.807, 2.05) is 289 Å². The van der Waals surface area contributed by atoms with E-state index in [9.17, 15) is 9.00 Å². The summed E-state index contributed by atoms with van der Waals surface area (Å²) in [4.78, 5) is 67.4. The highest BCUT2D eigenvalue weighted by Crippen LogP contribution is 2.38. The number of methoxy groups -OCH3 is 1. The van der Waals surface area contributed by atoms with Gasteiger partial charge in [-0.2, -0.15) is 5.10 Å². The van der Waals surface area contributed by atoms with Crippen LogP contribution < -0.4 is 14.2 Å². The number of aromatic nitrogens is 22. The van der Waals surface area contributed by atoms with Crippen LogP contribution in [0.3, 0.4) is 0 Å². The van der Waals surface area contributed by atoms with Gasteiger partial charge in [0.1, 0.15) is 45.3 Å². The molecule has 21 aromatic heterocycles. The third kappa shape index (κ3) is 21.3. The van der Waals surface area contributed by atoms with Crippen molar-refractivity contribution < 1.29 is 23.2 Å². The van der Waals surface area contributed by atoms with Crippen LogP contribution in [-0.4, -0.2) is 142 Å². The van der Waals surface area contributed by atoms with E-state index < -0.39 is 9.52 Å². The number of rotatable bonds is 15. The number of ether oxygens (including phenoxy) is 3. The molecule has 1 unspecified atom stereocenters. The number of Topliss-reactive ketones (excluding diaryl/α,β-unsaturated/α-hetero) is 1. The second-order valence-electron chi connectivity index (χ2n) is 34.4. The molecule has 0 spiro atoms. The molecule has 147 heavy (non-hydrogen) atoms. The highest BCUT2D eigenvalue weighted by atomic mass is 32.2. The lowest BCUT2D eigenvalue weighted by Gasteiger charge is -2.07. The highest BCUT2D eigenvalue weighted by molar-refractivity contribution is 7.99. The Hall–Kier alpha value is -19.9. The predicted molar refractivity (Wildman–Crippen MR) is 577 cm³/mol. The summed E-state index contributed by atoms with van der Waals surface area (Å²) in [7, 11) is -0.531. The lowest BCUT2D eigenvalue weighted by molar-refractivity contribution is 0.101. The number of nitrogens with one attached hydrogen (secondary N) is 1. The maximum absolute atomic E-state index is 12.1. The van der Waals surface area contributed by atoms with Crippen LogP contribution in [0.1, 0.15) is 22.8 Å². The van der Waals surface area contributed by atoms with Gasteiger partial charge in [0.25, 0.3) is 0 Å². The fourth-order valence-corrected chi connectivity index (χ4v) is 17.7. The molecular formula is C119H92N22O5S. The number of ketones is 1. The summed E-state index contributed by atoms with van der Waals surface area (Å²) in [5.41, 5.74) is 34.7. The number of carbonyl (C=O) groups excluding carboxylic acids is 1. The van der Waals surface area contributed by atoms with E-state index in [-0.39, 0.29) is 12.6 Å². The molecule has 5 aromatic carbocycles. The standard InChI is InChI=1S/C20H17N3OS.C20H15N3O.C19H13N3O2.C19H15N3O.C19H15N3.C12H9N3.C10H8N4/c1-25(2,24)18-6-3-16(4-7-18)19-13-22-20-8-5-17(14-23(19)20)15-9-11-21-12-10-15;1-14(24)15-2-4-17(5-3-15)19-12-22-20-7-6-18(13-23(19)20)16-8-10-21-11-9-16;1-3-17-18(24-12-23-17)9-14(1)16-10-21-19-4-2-15(11-22(16)19)13-5-7-20-8-6-13;1-23-17-5-2-15(3-6-17)18-12-21-19-7-4-16(13-22(18)19)14-8-10-20-11-9-14;1-14-2-4-16(5-3-14)18-12-21-19-7-6-17(13-22(18)19)15-8-10-20-11-9-15;1-2-12-14-7-8-15(12)9-11(1)10-3-5-13-6-4-10;1-2-10-11-3-4-14(10)7-8(1)9-5-12-13-6-9/h3-14H,1H2,2H3;2-13H,1H3;1-11H,12H2;2-13H,1H3;2-13H,1H3;1-9H;1-7H,(H,12,13). The second-order valence-corrected chi connectivity index (χ2v) is 36.9. The summed E-state index contributed by atoms with van der Waals surface area (Å²) in [6.07, 6.45) is 58.4. The Morgan fingerprint density at radius 1 is 0.313 bits per heavy atom.